The van der Waals surface area contributed by atoms with Gasteiger partial charge in [0.1, 0.15) is 0 Å². The van der Waals surface area contributed by atoms with E-state index in [2.05, 4.69) is 0 Å². The number of alkyl halides is 3. The molecule has 0 aromatic rings. The minimum atomic E-state index is -5.04. The number of carboxylic acids is 1. The van der Waals surface area contributed by atoms with Gasteiger partial charge in [0, 0.05) is 6.42 Å². The quantitative estimate of drug-likeness (QED) is 0.699. The van der Waals surface area contributed by atoms with E-state index in [0.717, 1.165) is 0 Å². The van der Waals surface area contributed by atoms with Gasteiger partial charge in [-0.2, -0.15) is 13.2 Å². The first-order valence-corrected chi connectivity index (χ1v) is 4.51. The molecule has 2 atom stereocenters. The van der Waals surface area contributed by atoms with Gasteiger partial charge in [-0.3, -0.25) is 4.79 Å². The number of aliphatic carboxylic acids is 1. The van der Waals surface area contributed by atoms with Crippen LogP contribution in [0.15, 0.2) is 0 Å². The number of morpholine rings is 1. The smallest absolute Gasteiger partial charge is 0.471 e. The molecule has 3 fully saturated rings. The van der Waals surface area contributed by atoms with E-state index in [1.54, 1.807) is 0 Å². The van der Waals surface area contributed by atoms with Gasteiger partial charge < -0.3 is 14.7 Å². The molecule has 90 valence electrons. The third-order valence-electron chi connectivity index (χ3n) is 2.91. The Morgan fingerprint density at radius 3 is 2.50 bits per heavy atom. The van der Waals surface area contributed by atoms with Crippen LogP contribution in [0.5, 0.6) is 0 Å². The van der Waals surface area contributed by atoms with Gasteiger partial charge in [0.2, 0.25) is 0 Å². The maximum atomic E-state index is 12.2. The number of fused-ring (bicyclic) bond motifs is 2. The molecule has 0 radical (unpaired) electrons. The number of hydrogen-bond acceptors (Lipinski definition) is 3. The predicted octanol–water partition coefficient (Wildman–Crippen LogP) is 0.00320. The van der Waals surface area contributed by atoms with Crippen LogP contribution in [0.25, 0.3) is 0 Å². The van der Waals surface area contributed by atoms with Gasteiger partial charge in [-0.05, 0) is 0 Å². The molecule has 2 unspecified atom stereocenters. The lowest BCUT2D eigenvalue weighted by Gasteiger charge is -2.58. The van der Waals surface area contributed by atoms with Crippen LogP contribution in [0.3, 0.4) is 0 Å². The summed E-state index contributed by atoms with van der Waals surface area (Å²) in [5.74, 6) is -3.56. The lowest BCUT2D eigenvalue weighted by molar-refractivity contribution is -0.237. The molecule has 3 rings (SSSR count). The van der Waals surface area contributed by atoms with Gasteiger partial charge in [-0.15, -0.1) is 0 Å². The topological polar surface area (TPSA) is 66.8 Å². The van der Waals surface area contributed by atoms with Gasteiger partial charge in [0.05, 0.1) is 19.3 Å². The molecule has 2 bridgehead atoms. The molecular formula is C8H8F3NO4. The molecule has 0 saturated carbocycles. The summed E-state index contributed by atoms with van der Waals surface area (Å²) >= 11 is 0. The first-order chi connectivity index (χ1) is 7.29. The molecule has 1 amide bonds. The van der Waals surface area contributed by atoms with Crippen LogP contribution in [0.1, 0.15) is 6.42 Å². The van der Waals surface area contributed by atoms with E-state index in [0.29, 0.717) is 4.90 Å². The van der Waals surface area contributed by atoms with Gasteiger partial charge in [0.25, 0.3) is 0 Å². The van der Waals surface area contributed by atoms with Gasteiger partial charge in [-0.25, -0.2) is 4.79 Å². The van der Waals surface area contributed by atoms with Gasteiger partial charge in [-0.1, -0.05) is 0 Å². The number of nitrogens with zero attached hydrogens (tertiary/aromatic N) is 1. The Balaban J connectivity index is 2.28. The molecule has 0 spiro atoms. The Labute approximate surface area is 87.8 Å². The molecule has 0 aromatic carbocycles. The van der Waals surface area contributed by atoms with Crippen molar-refractivity contribution in [2.45, 2.75) is 24.2 Å². The van der Waals surface area contributed by atoms with E-state index in [-0.39, 0.29) is 19.6 Å². The van der Waals surface area contributed by atoms with Crippen molar-refractivity contribution in [2.75, 3.05) is 13.2 Å². The zero-order chi connectivity index (χ0) is 12.1. The van der Waals surface area contributed by atoms with E-state index in [4.69, 9.17) is 9.84 Å². The minimum Gasteiger partial charge on any atom is -0.479 e. The van der Waals surface area contributed by atoms with Crippen molar-refractivity contribution in [3.05, 3.63) is 0 Å². The Kier molecular flexibility index (Phi) is 2.16. The van der Waals surface area contributed by atoms with E-state index in [1.807, 2.05) is 0 Å². The van der Waals surface area contributed by atoms with Crippen LogP contribution in [-0.4, -0.2) is 52.9 Å². The van der Waals surface area contributed by atoms with Crippen LogP contribution in [0.2, 0.25) is 0 Å². The third-order valence-corrected chi connectivity index (χ3v) is 2.91. The lowest BCUT2D eigenvalue weighted by atomic mass is 9.76. The first-order valence-electron chi connectivity index (χ1n) is 4.51. The number of ether oxygens (including phenoxy) is 1. The summed E-state index contributed by atoms with van der Waals surface area (Å²) in [7, 11) is 0. The molecule has 3 aliphatic heterocycles. The van der Waals surface area contributed by atoms with E-state index < -0.39 is 29.6 Å². The summed E-state index contributed by atoms with van der Waals surface area (Å²) in [6.07, 6.45) is -5.03. The molecular weight excluding hydrogens is 231 g/mol. The summed E-state index contributed by atoms with van der Waals surface area (Å²) in [5.41, 5.74) is -1.82. The van der Waals surface area contributed by atoms with Crippen LogP contribution in [0, 0.1) is 0 Å². The fourth-order valence-electron chi connectivity index (χ4n) is 2.19. The van der Waals surface area contributed by atoms with Crippen molar-refractivity contribution in [3.8, 4) is 0 Å². The van der Waals surface area contributed by atoms with Gasteiger partial charge in [0.15, 0.2) is 5.54 Å². The van der Waals surface area contributed by atoms with Crippen molar-refractivity contribution in [1.29, 1.82) is 0 Å². The first kappa shape index (κ1) is 11.2. The molecule has 16 heavy (non-hydrogen) atoms. The highest BCUT2D eigenvalue weighted by molar-refractivity contribution is 5.92. The second-order valence-electron chi connectivity index (χ2n) is 3.88. The van der Waals surface area contributed by atoms with E-state index >= 15 is 0 Å². The number of carbonyl (C=O) groups excluding carboxylic acids is 1. The fourth-order valence-corrected chi connectivity index (χ4v) is 2.19. The van der Waals surface area contributed by atoms with Crippen LogP contribution < -0.4 is 0 Å². The summed E-state index contributed by atoms with van der Waals surface area (Å²) < 4.78 is 41.6. The third kappa shape index (κ3) is 1.29. The van der Waals surface area contributed by atoms with Crippen LogP contribution in [-0.2, 0) is 14.3 Å². The average molecular weight is 239 g/mol. The highest BCUT2D eigenvalue weighted by atomic mass is 19.4. The molecule has 3 aliphatic rings. The van der Waals surface area contributed by atoms with Crippen molar-refractivity contribution < 1.29 is 32.6 Å². The van der Waals surface area contributed by atoms with Crippen LogP contribution in [0.4, 0.5) is 13.2 Å². The molecule has 5 nitrogen and oxygen atoms in total. The number of carboxylic acid groups (broad SMARTS) is 1. The Morgan fingerprint density at radius 1 is 1.44 bits per heavy atom. The molecule has 0 aliphatic carbocycles. The van der Waals surface area contributed by atoms with Crippen molar-refractivity contribution in [2.24, 2.45) is 0 Å². The number of carbonyl (C=O) groups is 2. The Bertz CT molecular complexity index is 352. The summed E-state index contributed by atoms with van der Waals surface area (Å²) in [6.45, 7) is -0.433. The van der Waals surface area contributed by atoms with Gasteiger partial charge >= 0.3 is 18.1 Å². The molecule has 3 heterocycles. The fraction of sp³-hybridized carbons (Fsp3) is 0.750. The Morgan fingerprint density at radius 2 is 2.06 bits per heavy atom. The standard InChI is InChI=1S/C8H8F3NO4/c9-8(10,11)5(13)12-4-1-7(12,6(14)15)3-16-2-4/h4H,1-3H2,(H,14,15). The van der Waals surface area contributed by atoms with Crippen LogP contribution >= 0.6 is 0 Å². The van der Waals surface area contributed by atoms with Crippen molar-refractivity contribution >= 4 is 11.9 Å². The maximum absolute atomic E-state index is 12.2. The summed E-state index contributed by atoms with van der Waals surface area (Å²) in [5, 5.41) is 8.88. The largest absolute Gasteiger partial charge is 0.479 e. The normalized spacial score (nSPS) is 33.2. The van der Waals surface area contributed by atoms with E-state index in [1.165, 1.54) is 0 Å². The predicted molar refractivity (Wildman–Crippen MR) is 42.5 cm³/mol. The molecule has 0 aromatic heterocycles. The molecule has 8 heteroatoms. The van der Waals surface area contributed by atoms with E-state index in [9.17, 15) is 22.8 Å². The second kappa shape index (κ2) is 3.09. The Hall–Kier alpha value is -1.31. The lowest BCUT2D eigenvalue weighted by Crippen LogP contribution is -2.78. The highest BCUT2D eigenvalue weighted by Crippen LogP contribution is 2.43. The number of amides is 1. The second-order valence-corrected chi connectivity index (χ2v) is 3.88. The van der Waals surface area contributed by atoms with Crippen molar-refractivity contribution in [3.63, 3.8) is 0 Å². The van der Waals surface area contributed by atoms with Crippen molar-refractivity contribution in [1.82, 2.24) is 4.90 Å². The molecule has 3 saturated heterocycles. The SMILES string of the molecule is O=C(N1C2COCC1(C(=O)O)C2)C(F)(F)F. The number of rotatable bonds is 1. The monoisotopic (exact) mass is 239 g/mol. The minimum absolute atomic E-state index is 0.0180. The summed E-state index contributed by atoms with van der Waals surface area (Å²) in [6, 6.07) is -0.779. The maximum Gasteiger partial charge on any atom is 0.471 e. The average Bonchev–Trinajstić information content (AvgIpc) is 2.16. The number of hydrogen-bond donors (Lipinski definition) is 1. The molecule has 1 N–H and O–H groups in total. The highest BCUT2D eigenvalue weighted by Gasteiger charge is 2.66. The zero-order valence-electron chi connectivity index (χ0n) is 7.95. The summed E-state index contributed by atoms with van der Waals surface area (Å²) in [4.78, 5) is 22.4. The number of halogens is 3. The zero-order valence-corrected chi connectivity index (χ0v) is 7.95.